The SMILES string of the molecule is CCCCCc1cc2c(=O)n(-c3cc(F)cc(-c4cc(Nc5ccc(N6C[C@@H](C)N(C7COC7)C[C@@H]6C)cn5)c(=O)n(C)c4)c3CO)ccn2c1. The molecule has 2 atom stereocenters. The average Bonchev–Trinajstić information content (AvgIpc) is 3.52. The van der Waals surface area contributed by atoms with Crippen LogP contribution in [0.4, 0.5) is 21.6 Å². The Balaban J connectivity index is 1.17. The lowest BCUT2D eigenvalue weighted by Crippen LogP contribution is -2.63. The summed E-state index contributed by atoms with van der Waals surface area (Å²) >= 11 is 0. The molecule has 2 N–H and O–H groups in total. The van der Waals surface area contributed by atoms with E-state index in [0.29, 0.717) is 46.2 Å². The van der Waals surface area contributed by atoms with Crippen LogP contribution in [0.15, 0.2) is 77.0 Å². The van der Waals surface area contributed by atoms with Crippen molar-refractivity contribution in [1.29, 1.82) is 0 Å². The Kier molecular flexibility index (Phi) is 9.82. The van der Waals surface area contributed by atoms with Gasteiger partial charge in [0, 0.05) is 68.1 Å². The lowest BCUT2D eigenvalue weighted by atomic mass is 9.98. The highest BCUT2D eigenvalue weighted by Crippen LogP contribution is 2.32. The van der Waals surface area contributed by atoms with Crippen LogP contribution in [0.5, 0.6) is 0 Å². The van der Waals surface area contributed by atoms with E-state index in [1.54, 1.807) is 36.1 Å². The van der Waals surface area contributed by atoms with Gasteiger partial charge in [0.1, 0.15) is 22.8 Å². The fraction of sp³-hybridized carbons (Fsp3) is 0.410. The first-order valence-electron chi connectivity index (χ1n) is 17.8. The number of halogens is 1. The number of aryl methyl sites for hydroxylation is 2. The van der Waals surface area contributed by atoms with Gasteiger partial charge in [-0.05, 0) is 74.2 Å². The summed E-state index contributed by atoms with van der Waals surface area (Å²) in [5.41, 5.74) is 3.63. The van der Waals surface area contributed by atoms with E-state index in [2.05, 4.69) is 40.9 Å². The van der Waals surface area contributed by atoms with Crippen LogP contribution in [-0.2, 0) is 24.8 Å². The monoisotopic (exact) mass is 695 g/mol. The van der Waals surface area contributed by atoms with Crippen LogP contribution in [-0.4, -0.2) is 73.0 Å². The number of nitrogens with one attached hydrogen (secondary N) is 1. The maximum Gasteiger partial charge on any atom is 0.279 e. The van der Waals surface area contributed by atoms with Gasteiger partial charge < -0.3 is 29.0 Å². The zero-order chi connectivity index (χ0) is 35.8. The van der Waals surface area contributed by atoms with E-state index >= 15 is 4.39 Å². The van der Waals surface area contributed by atoms with Crippen LogP contribution in [0.25, 0.3) is 22.3 Å². The topological polar surface area (TPSA) is 109 Å². The molecular weight excluding hydrogens is 649 g/mol. The number of ether oxygens (including phenoxy) is 1. The molecule has 7 rings (SSSR count). The molecule has 0 aliphatic carbocycles. The molecule has 4 aromatic heterocycles. The van der Waals surface area contributed by atoms with Gasteiger partial charge in [0.25, 0.3) is 11.1 Å². The van der Waals surface area contributed by atoms with Gasteiger partial charge in [-0.1, -0.05) is 19.8 Å². The number of aliphatic hydroxyl groups is 1. The summed E-state index contributed by atoms with van der Waals surface area (Å²) in [4.78, 5) is 36.6. The first kappa shape index (κ1) is 34.7. The highest BCUT2D eigenvalue weighted by molar-refractivity contribution is 5.75. The van der Waals surface area contributed by atoms with E-state index in [-0.39, 0.29) is 22.5 Å². The third kappa shape index (κ3) is 6.83. The van der Waals surface area contributed by atoms with Gasteiger partial charge in [-0.25, -0.2) is 9.37 Å². The molecule has 0 amide bonds. The van der Waals surface area contributed by atoms with Crippen LogP contribution in [0.1, 0.15) is 51.2 Å². The minimum absolute atomic E-state index is 0.236. The number of aliphatic hydroxyl groups excluding tert-OH is 1. The van der Waals surface area contributed by atoms with Gasteiger partial charge in [0.2, 0.25) is 0 Å². The summed E-state index contributed by atoms with van der Waals surface area (Å²) in [5.74, 6) is -0.0898. The van der Waals surface area contributed by atoms with Crippen molar-refractivity contribution in [2.45, 2.75) is 71.2 Å². The number of hydrogen-bond donors (Lipinski definition) is 2. The number of rotatable bonds is 11. The minimum atomic E-state index is -0.578. The fourth-order valence-electron chi connectivity index (χ4n) is 7.48. The van der Waals surface area contributed by atoms with Crippen molar-refractivity contribution < 1.29 is 14.2 Å². The number of aromatic nitrogens is 4. The molecule has 2 aliphatic heterocycles. The molecule has 11 nitrogen and oxygen atoms in total. The largest absolute Gasteiger partial charge is 0.392 e. The molecule has 0 spiro atoms. The van der Waals surface area contributed by atoms with Crippen LogP contribution in [0.3, 0.4) is 0 Å². The number of pyridine rings is 2. The van der Waals surface area contributed by atoms with Crippen LogP contribution < -0.4 is 21.3 Å². The van der Waals surface area contributed by atoms with E-state index in [1.165, 1.54) is 21.3 Å². The summed E-state index contributed by atoms with van der Waals surface area (Å²) in [6, 6.07) is 11.1. The second kappa shape index (κ2) is 14.5. The molecule has 0 bridgehead atoms. The van der Waals surface area contributed by atoms with Gasteiger partial charge in [0.15, 0.2) is 0 Å². The minimum Gasteiger partial charge on any atom is -0.392 e. The van der Waals surface area contributed by atoms with E-state index < -0.39 is 12.4 Å². The molecule has 268 valence electrons. The molecule has 0 unspecified atom stereocenters. The Bertz CT molecular complexity index is 2150. The molecule has 1 aromatic carbocycles. The summed E-state index contributed by atoms with van der Waals surface area (Å²) in [6.45, 7) is 9.59. The second-order valence-corrected chi connectivity index (χ2v) is 14.0. The lowest BCUT2D eigenvalue weighted by molar-refractivity contribution is -0.0828. The number of nitrogens with zero attached hydrogens (tertiary/aromatic N) is 6. The summed E-state index contributed by atoms with van der Waals surface area (Å²) < 4.78 is 25.4. The Morgan fingerprint density at radius 2 is 1.82 bits per heavy atom. The second-order valence-electron chi connectivity index (χ2n) is 14.0. The van der Waals surface area contributed by atoms with E-state index in [1.807, 2.05) is 30.6 Å². The Hall–Kier alpha value is -4.78. The zero-order valence-electron chi connectivity index (χ0n) is 29.7. The molecule has 2 fully saturated rings. The standard InChI is InChI=1S/C39H46FN7O4/c1-5-6-7-8-27-13-36-39(50)45(12-11-44(36)20-27)35-16-29(40)15-32(33(35)22-48)28-14-34(38(49)43(4)21-28)42-37-10-9-30(17-41-37)46-18-26(3)47(19-25(46)2)31-23-51-24-31/h9-17,20-21,25-26,31,48H,5-8,18-19,22-24H2,1-4H3,(H,41,42)/t25-,26+/m0/s1. The third-order valence-electron chi connectivity index (χ3n) is 10.4. The van der Waals surface area contributed by atoms with Crippen molar-refractivity contribution in [3.63, 3.8) is 0 Å². The maximum atomic E-state index is 15.4. The molecular formula is C39H46FN7O4. The van der Waals surface area contributed by atoms with Gasteiger partial charge in [0.05, 0.1) is 43.4 Å². The predicted molar refractivity (Wildman–Crippen MR) is 198 cm³/mol. The Morgan fingerprint density at radius 1 is 1.00 bits per heavy atom. The molecule has 0 radical (unpaired) electrons. The van der Waals surface area contributed by atoms with E-state index in [0.717, 1.165) is 63.2 Å². The molecule has 6 heterocycles. The quantitative estimate of drug-likeness (QED) is 0.180. The molecule has 51 heavy (non-hydrogen) atoms. The number of benzene rings is 1. The average molecular weight is 696 g/mol. The summed E-state index contributed by atoms with van der Waals surface area (Å²) in [6.07, 6.45) is 12.9. The lowest BCUT2D eigenvalue weighted by Gasteiger charge is -2.50. The molecule has 5 aromatic rings. The van der Waals surface area contributed by atoms with E-state index in [9.17, 15) is 14.7 Å². The summed E-state index contributed by atoms with van der Waals surface area (Å²) in [5, 5.41) is 13.8. The molecule has 2 aliphatic rings. The van der Waals surface area contributed by atoms with Crippen molar-refractivity contribution in [3.8, 4) is 16.8 Å². The van der Waals surface area contributed by atoms with Crippen molar-refractivity contribution in [2.75, 3.05) is 36.5 Å². The van der Waals surface area contributed by atoms with Crippen LogP contribution >= 0.6 is 0 Å². The van der Waals surface area contributed by atoms with Crippen molar-refractivity contribution in [1.82, 2.24) is 23.4 Å². The Morgan fingerprint density at radius 3 is 2.53 bits per heavy atom. The highest BCUT2D eigenvalue weighted by Gasteiger charge is 2.36. The highest BCUT2D eigenvalue weighted by atomic mass is 19.1. The van der Waals surface area contributed by atoms with Gasteiger partial charge in [-0.15, -0.1) is 0 Å². The first-order chi connectivity index (χ1) is 24.6. The van der Waals surface area contributed by atoms with Crippen molar-refractivity contribution >= 4 is 22.7 Å². The number of unbranched alkanes of at least 4 members (excludes halogenated alkanes) is 2. The molecule has 0 saturated carbocycles. The summed E-state index contributed by atoms with van der Waals surface area (Å²) in [7, 11) is 1.62. The third-order valence-corrected chi connectivity index (χ3v) is 10.4. The smallest absolute Gasteiger partial charge is 0.279 e. The first-order valence-corrected chi connectivity index (χ1v) is 17.8. The van der Waals surface area contributed by atoms with Crippen LogP contribution in [0, 0.1) is 5.82 Å². The van der Waals surface area contributed by atoms with Crippen LogP contribution in [0.2, 0.25) is 0 Å². The van der Waals surface area contributed by atoms with Gasteiger partial charge in [-0.3, -0.25) is 19.1 Å². The molecule has 2 saturated heterocycles. The number of anilines is 3. The van der Waals surface area contributed by atoms with Crippen molar-refractivity contribution in [3.05, 3.63) is 105 Å². The van der Waals surface area contributed by atoms with Gasteiger partial charge >= 0.3 is 0 Å². The number of piperazine rings is 1. The van der Waals surface area contributed by atoms with Gasteiger partial charge in [-0.2, -0.15) is 0 Å². The normalized spacial score (nSPS) is 18.4. The number of hydrogen-bond acceptors (Lipinski definition) is 8. The zero-order valence-corrected chi connectivity index (χ0v) is 29.7. The maximum absolute atomic E-state index is 15.4. The molecule has 12 heteroatoms. The Labute approximate surface area is 296 Å². The number of fused-ring (bicyclic) bond motifs is 1. The fourth-order valence-corrected chi connectivity index (χ4v) is 7.48. The van der Waals surface area contributed by atoms with E-state index in [4.69, 9.17) is 4.74 Å². The van der Waals surface area contributed by atoms with Crippen molar-refractivity contribution in [2.24, 2.45) is 7.05 Å². The predicted octanol–water partition coefficient (Wildman–Crippen LogP) is 5.26.